The first-order valence-electron chi connectivity index (χ1n) is 5.81. The molecule has 0 unspecified atom stereocenters. The molecule has 0 spiro atoms. The summed E-state index contributed by atoms with van der Waals surface area (Å²) >= 11 is 10.7. The summed E-state index contributed by atoms with van der Waals surface area (Å²) in [5.41, 5.74) is 0.511. The van der Waals surface area contributed by atoms with Gasteiger partial charge >= 0.3 is 0 Å². The van der Waals surface area contributed by atoms with E-state index in [2.05, 4.69) is 5.32 Å². The topological polar surface area (TPSA) is 69.6 Å². The molecule has 5 nitrogen and oxygen atoms in total. The quantitative estimate of drug-likeness (QED) is 0.495. The molecule has 1 saturated heterocycles. The third kappa shape index (κ3) is 2.66. The Kier molecular flexibility index (Phi) is 4.06. The van der Waals surface area contributed by atoms with Crippen molar-refractivity contribution in [3.05, 3.63) is 34.4 Å². The molecular weight excluding hydrogens is 300 g/mol. The van der Waals surface area contributed by atoms with E-state index in [1.54, 1.807) is 13.0 Å². The average Bonchev–Trinajstić information content (AvgIpc) is 2.39. The van der Waals surface area contributed by atoms with Crippen molar-refractivity contribution in [2.45, 2.75) is 6.92 Å². The van der Waals surface area contributed by atoms with Crippen molar-refractivity contribution >= 4 is 46.8 Å². The van der Waals surface area contributed by atoms with Crippen LogP contribution < -0.4 is 5.32 Å². The molecular formula is C13H11ClN2O3S. The highest BCUT2D eigenvalue weighted by Crippen LogP contribution is 2.25. The third-order valence-electron chi connectivity index (χ3n) is 2.78. The van der Waals surface area contributed by atoms with Gasteiger partial charge in [-0.15, -0.1) is 0 Å². The maximum absolute atomic E-state index is 12.2. The van der Waals surface area contributed by atoms with Crippen molar-refractivity contribution in [2.75, 3.05) is 6.54 Å². The minimum Gasteiger partial charge on any atom is -0.506 e. The number of hydrogen-bond acceptors (Lipinski definition) is 4. The number of aromatic hydroxyl groups is 1. The number of carbonyl (C=O) groups excluding carboxylic acids is 2. The van der Waals surface area contributed by atoms with Crippen LogP contribution in [0.4, 0.5) is 0 Å². The van der Waals surface area contributed by atoms with Gasteiger partial charge in [-0.05, 0) is 42.9 Å². The first-order chi connectivity index (χ1) is 9.43. The van der Waals surface area contributed by atoms with E-state index in [0.717, 1.165) is 0 Å². The number of benzene rings is 1. The van der Waals surface area contributed by atoms with Crippen molar-refractivity contribution in [1.29, 1.82) is 0 Å². The molecule has 1 aromatic carbocycles. The van der Waals surface area contributed by atoms with Crippen LogP contribution in [0.2, 0.25) is 5.02 Å². The summed E-state index contributed by atoms with van der Waals surface area (Å²) in [5, 5.41) is 12.0. The lowest BCUT2D eigenvalue weighted by Gasteiger charge is -2.27. The van der Waals surface area contributed by atoms with Crippen LogP contribution in [0.25, 0.3) is 6.08 Å². The van der Waals surface area contributed by atoms with E-state index in [1.165, 1.54) is 23.1 Å². The van der Waals surface area contributed by atoms with Gasteiger partial charge in [0.15, 0.2) is 5.11 Å². The number of thiocarbonyl (C=S) groups is 1. The van der Waals surface area contributed by atoms with Gasteiger partial charge < -0.3 is 5.11 Å². The number of hydrogen-bond donors (Lipinski definition) is 2. The van der Waals surface area contributed by atoms with Crippen LogP contribution in [0.15, 0.2) is 23.8 Å². The molecule has 2 amide bonds. The zero-order chi connectivity index (χ0) is 14.9. The zero-order valence-corrected chi connectivity index (χ0v) is 12.1. The molecule has 1 heterocycles. The number of nitrogens with zero attached hydrogens (tertiary/aromatic N) is 1. The van der Waals surface area contributed by atoms with E-state index in [4.69, 9.17) is 23.8 Å². The number of phenols is 1. The van der Waals surface area contributed by atoms with E-state index >= 15 is 0 Å². The number of amides is 2. The Balaban J connectivity index is 2.41. The van der Waals surface area contributed by atoms with Crippen LogP contribution in [-0.4, -0.2) is 33.5 Å². The van der Waals surface area contributed by atoms with Crippen LogP contribution >= 0.6 is 23.8 Å². The van der Waals surface area contributed by atoms with Gasteiger partial charge in [0.2, 0.25) is 0 Å². The summed E-state index contributed by atoms with van der Waals surface area (Å²) in [6, 6.07) is 4.41. The fraction of sp³-hybridized carbons (Fsp3) is 0.154. The van der Waals surface area contributed by atoms with E-state index in [-0.39, 0.29) is 21.5 Å². The largest absolute Gasteiger partial charge is 0.506 e. The number of likely N-dealkylation sites (N-methyl/N-ethyl adjacent to an activating group) is 1. The van der Waals surface area contributed by atoms with Gasteiger partial charge in [-0.3, -0.25) is 19.8 Å². The fourth-order valence-corrected chi connectivity index (χ4v) is 2.25. The summed E-state index contributed by atoms with van der Waals surface area (Å²) in [5.74, 6) is -1.07. The highest BCUT2D eigenvalue weighted by atomic mass is 35.5. The zero-order valence-electron chi connectivity index (χ0n) is 10.5. The number of phenolic OH excluding ortho intramolecular Hbond substituents is 1. The summed E-state index contributed by atoms with van der Waals surface area (Å²) < 4.78 is 0. The van der Waals surface area contributed by atoms with E-state index in [1.807, 2.05) is 0 Å². The lowest BCUT2D eigenvalue weighted by molar-refractivity contribution is -0.128. The Labute approximate surface area is 125 Å². The van der Waals surface area contributed by atoms with Crippen LogP contribution in [0.5, 0.6) is 5.75 Å². The molecule has 1 fully saturated rings. The second-order valence-electron chi connectivity index (χ2n) is 4.08. The van der Waals surface area contributed by atoms with Crippen molar-refractivity contribution in [3.8, 4) is 5.75 Å². The van der Waals surface area contributed by atoms with Crippen LogP contribution in [0.1, 0.15) is 12.5 Å². The smallest absolute Gasteiger partial charge is 0.265 e. The summed E-state index contributed by atoms with van der Waals surface area (Å²) in [7, 11) is 0. The first-order valence-corrected chi connectivity index (χ1v) is 6.60. The Morgan fingerprint density at radius 1 is 1.45 bits per heavy atom. The highest BCUT2D eigenvalue weighted by Gasteiger charge is 2.32. The Morgan fingerprint density at radius 2 is 2.15 bits per heavy atom. The molecule has 0 radical (unpaired) electrons. The second-order valence-corrected chi connectivity index (χ2v) is 4.87. The number of nitrogens with one attached hydrogen (secondary N) is 1. The molecule has 104 valence electrons. The molecule has 0 aromatic heterocycles. The Hall–Kier alpha value is -1.92. The Bertz CT molecular complexity index is 643. The fourth-order valence-electron chi connectivity index (χ4n) is 1.76. The van der Waals surface area contributed by atoms with E-state index in [9.17, 15) is 14.7 Å². The number of rotatable bonds is 2. The van der Waals surface area contributed by atoms with Gasteiger partial charge in [0.25, 0.3) is 11.8 Å². The molecule has 0 atom stereocenters. The van der Waals surface area contributed by atoms with Gasteiger partial charge in [0, 0.05) is 6.54 Å². The minimum atomic E-state index is -0.547. The van der Waals surface area contributed by atoms with E-state index < -0.39 is 11.8 Å². The SMILES string of the molecule is CCN1C(=O)/C(=C/c2ccc(O)c(Cl)c2)C(=O)NC1=S. The lowest BCUT2D eigenvalue weighted by atomic mass is 10.1. The monoisotopic (exact) mass is 310 g/mol. The molecule has 1 aliphatic heterocycles. The molecule has 2 N–H and O–H groups in total. The highest BCUT2D eigenvalue weighted by molar-refractivity contribution is 7.80. The minimum absolute atomic E-state index is 0.0257. The summed E-state index contributed by atoms with van der Waals surface area (Å²) in [4.78, 5) is 25.3. The van der Waals surface area contributed by atoms with Crippen molar-refractivity contribution < 1.29 is 14.7 Å². The molecule has 1 aliphatic rings. The van der Waals surface area contributed by atoms with Gasteiger partial charge in [-0.2, -0.15) is 0 Å². The molecule has 0 bridgehead atoms. The van der Waals surface area contributed by atoms with Crippen molar-refractivity contribution in [2.24, 2.45) is 0 Å². The summed E-state index contributed by atoms with van der Waals surface area (Å²) in [6.07, 6.45) is 1.41. The molecule has 20 heavy (non-hydrogen) atoms. The van der Waals surface area contributed by atoms with Gasteiger partial charge in [0.05, 0.1) is 5.02 Å². The predicted octanol–water partition coefficient (Wildman–Crippen LogP) is 1.69. The molecule has 7 heteroatoms. The third-order valence-corrected chi connectivity index (χ3v) is 3.41. The summed E-state index contributed by atoms with van der Waals surface area (Å²) in [6.45, 7) is 2.13. The normalized spacial score (nSPS) is 17.6. The van der Waals surface area contributed by atoms with Crippen LogP contribution in [0, 0.1) is 0 Å². The number of halogens is 1. The first kappa shape index (κ1) is 14.5. The molecule has 0 saturated carbocycles. The maximum atomic E-state index is 12.2. The second kappa shape index (κ2) is 5.60. The van der Waals surface area contributed by atoms with Crippen LogP contribution in [-0.2, 0) is 9.59 Å². The number of carbonyl (C=O) groups is 2. The molecule has 0 aliphatic carbocycles. The molecule has 1 aromatic rings. The standard InChI is InChI=1S/C13H11ClN2O3S/c1-2-16-12(19)8(11(18)15-13(16)20)5-7-3-4-10(17)9(14)6-7/h3-6,17H,2H2,1H3,(H,15,18,20)/b8-5+. The van der Waals surface area contributed by atoms with Crippen LogP contribution in [0.3, 0.4) is 0 Å². The Morgan fingerprint density at radius 3 is 2.75 bits per heavy atom. The van der Waals surface area contributed by atoms with Gasteiger partial charge in [0.1, 0.15) is 11.3 Å². The molecule has 2 rings (SSSR count). The van der Waals surface area contributed by atoms with Crippen molar-refractivity contribution in [1.82, 2.24) is 10.2 Å². The lowest BCUT2D eigenvalue weighted by Crippen LogP contribution is -2.53. The predicted molar refractivity (Wildman–Crippen MR) is 79.2 cm³/mol. The van der Waals surface area contributed by atoms with Crippen molar-refractivity contribution in [3.63, 3.8) is 0 Å². The maximum Gasteiger partial charge on any atom is 0.265 e. The van der Waals surface area contributed by atoms with Gasteiger partial charge in [-0.1, -0.05) is 17.7 Å². The average molecular weight is 311 g/mol. The van der Waals surface area contributed by atoms with E-state index in [0.29, 0.717) is 12.1 Å². The van der Waals surface area contributed by atoms with Gasteiger partial charge in [-0.25, -0.2) is 0 Å².